The normalized spacial score (nSPS) is 16.1. The second kappa shape index (κ2) is 7.74. The van der Waals surface area contributed by atoms with Crippen LogP contribution in [0.2, 0.25) is 0 Å². The molecule has 0 radical (unpaired) electrons. The van der Waals surface area contributed by atoms with Crippen molar-refractivity contribution in [3.63, 3.8) is 0 Å². The van der Waals surface area contributed by atoms with Gasteiger partial charge in [-0.25, -0.2) is 4.39 Å². The second-order valence-electron chi connectivity index (χ2n) is 5.24. The summed E-state index contributed by atoms with van der Waals surface area (Å²) in [6.07, 6.45) is 3.75. The number of benzene rings is 1. The number of carbonyl (C=O) groups is 1. The number of amides is 1. The summed E-state index contributed by atoms with van der Waals surface area (Å²) in [5, 5.41) is 6.11. The van der Waals surface area contributed by atoms with Crippen LogP contribution in [0.4, 0.5) is 4.39 Å². The number of nitrogens with one attached hydrogen (secondary N) is 2. The number of hydrogen-bond donors (Lipinski definition) is 2. The van der Waals surface area contributed by atoms with Crippen LogP contribution >= 0.6 is 15.9 Å². The third-order valence-electron chi connectivity index (χ3n) is 3.72. The molecule has 1 aliphatic heterocycles. The van der Waals surface area contributed by atoms with E-state index in [4.69, 9.17) is 0 Å². The second-order valence-corrected chi connectivity index (χ2v) is 6.16. The van der Waals surface area contributed by atoms with Crippen molar-refractivity contribution < 1.29 is 9.18 Å². The number of hydrogen-bond acceptors (Lipinski definition) is 2. The molecule has 5 heteroatoms. The van der Waals surface area contributed by atoms with Gasteiger partial charge in [0.15, 0.2) is 0 Å². The van der Waals surface area contributed by atoms with Crippen molar-refractivity contribution in [1.29, 1.82) is 0 Å². The van der Waals surface area contributed by atoms with Gasteiger partial charge in [0.1, 0.15) is 5.82 Å². The highest BCUT2D eigenvalue weighted by Crippen LogP contribution is 2.18. The Morgan fingerprint density at radius 1 is 1.40 bits per heavy atom. The topological polar surface area (TPSA) is 41.1 Å². The van der Waals surface area contributed by atoms with E-state index < -0.39 is 0 Å². The van der Waals surface area contributed by atoms with Crippen LogP contribution < -0.4 is 10.6 Å². The third kappa shape index (κ3) is 4.87. The van der Waals surface area contributed by atoms with E-state index in [1.54, 1.807) is 12.1 Å². The summed E-state index contributed by atoms with van der Waals surface area (Å²) in [6.45, 7) is 2.35. The van der Waals surface area contributed by atoms with Gasteiger partial charge in [0.25, 0.3) is 0 Å². The maximum atomic E-state index is 13.5. The standard InChI is InChI=1S/C15H20BrFN2O/c16-13-2-3-14(17)12(9-13)10-19-15(20)4-1-11-5-7-18-8-6-11/h2-3,9,11,18H,1,4-8,10H2,(H,19,20). The molecule has 0 unspecified atom stereocenters. The highest BCUT2D eigenvalue weighted by atomic mass is 79.9. The smallest absolute Gasteiger partial charge is 0.220 e. The van der Waals surface area contributed by atoms with Gasteiger partial charge >= 0.3 is 0 Å². The van der Waals surface area contributed by atoms with Crippen LogP contribution in [0.1, 0.15) is 31.2 Å². The fourth-order valence-electron chi connectivity index (χ4n) is 2.47. The first-order valence-corrected chi connectivity index (χ1v) is 7.86. The van der Waals surface area contributed by atoms with Crippen molar-refractivity contribution in [2.75, 3.05) is 13.1 Å². The molecule has 2 N–H and O–H groups in total. The monoisotopic (exact) mass is 342 g/mol. The van der Waals surface area contributed by atoms with Crippen LogP contribution in [0, 0.1) is 11.7 Å². The fraction of sp³-hybridized carbons (Fsp3) is 0.533. The SMILES string of the molecule is O=C(CCC1CCNCC1)NCc1cc(Br)ccc1F. The average Bonchev–Trinajstić information content (AvgIpc) is 2.47. The van der Waals surface area contributed by atoms with Crippen molar-refractivity contribution in [2.24, 2.45) is 5.92 Å². The molecule has 1 aromatic rings. The van der Waals surface area contributed by atoms with Gasteiger partial charge in [-0.15, -0.1) is 0 Å². The van der Waals surface area contributed by atoms with Crippen LogP contribution in [-0.4, -0.2) is 19.0 Å². The van der Waals surface area contributed by atoms with Crippen molar-refractivity contribution >= 4 is 21.8 Å². The summed E-state index contributed by atoms with van der Waals surface area (Å²) >= 11 is 3.30. The van der Waals surface area contributed by atoms with Crippen LogP contribution in [0.5, 0.6) is 0 Å². The quantitative estimate of drug-likeness (QED) is 0.863. The van der Waals surface area contributed by atoms with Crippen LogP contribution in [0.3, 0.4) is 0 Å². The minimum absolute atomic E-state index is 0.00269. The lowest BCUT2D eigenvalue weighted by molar-refractivity contribution is -0.121. The molecule has 20 heavy (non-hydrogen) atoms. The molecule has 2 rings (SSSR count). The van der Waals surface area contributed by atoms with Crippen LogP contribution in [-0.2, 0) is 11.3 Å². The Balaban J connectivity index is 1.73. The molecule has 1 saturated heterocycles. The van der Waals surface area contributed by atoms with Crippen molar-refractivity contribution in [2.45, 2.75) is 32.2 Å². The highest BCUT2D eigenvalue weighted by molar-refractivity contribution is 9.10. The van der Waals surface area contributed by atoms with Gasteiger partial charge in [-0.3, -0.25) is 4.79 Å². The van der Waals surface area contributed by atoms with E-state index in [0.29, 0.717) is 17.9 Å². The van der Waals surface area contributed by atoms with Crippen molar-refractivity contribution in [3.05, 3.63) is 34.1 Å². The Morgan fingerprint density at radius 3 is 2.90 bits per heavy atom. The zero-order chi connectivity index (χ0) is 14.4. The molecule has 1 fully saturated rings. The number of halogens is 2. The van der Waals surface area contributed by atoms with Crippen LogP contribution in [0.25, 0.3) is 0 Å². The summed E-state index contributed by atoms with van der Waals surface area (Å²) in [7, 11) is 0. The molecule has 1 amide bonds. The van der Waals surface area contributed by atoms with E-state index >= 15 is 0 Å². The Kier molecular flexibility index (Phi) is 5.98. The molecular formula is C15H20BrFN2O. The molecule has 0 saturated carbocycles. The molecular weight excluding hydrogens is 323 g/mol. The average molecular weight is 343 g/mol. The predicted molar refractivity (Wildman–Crippen MR) is 80.8 cm³/mol. The Morgan fingerprint density at radius 2 is 2.15 bits per heavy atom. The van der Waals surface area contributed by atoms with Gasteiger partial charge in [-0.2, -0.15) is 0 Å². The minimum Gasteiger partial charge on any atom is -0.352 e. The molecule has 0 aromatic heterocycles. The summed E-state index contributed by atoms with van der Waals surface area (Å²) in [5.41, 5.74) is 0.509. The van der Waals surface area contributed by atoms with E-state index in [1.807, 2.05) is 0 Å². The first kappa shape index (κ1) is 15.4. The molecule has 0 bridgehead atoms. The fourth-order valence-corrected chi connectivity index (χ4v) is 2.88. The molecule has 110 valence electrons. The van der Waals surface area contributed by atoms with E-state index in [0.717, 1.165) is 36.8 Å². The van der Waals surface area contributed by atoms with E-state index in [2.05, 4.69) is 26.6 Å². The Hall–Kier alpha value is -0.940. The zero-order valence-electron chi connectivity index (χ0n) is 11.4. The van der Waals surface area contributed by atoms with E-state index in [1.165, 1.54) is 6.07 Å². The summed E-state index contributed by atoms with van der Waals surface area (Å²) < 4.78 is 14.3. The highest BCUT2D eigenvalue weighted by Gasteiger charge is 2.14. The van der Waals surface area contributed by atoms with Crippen molar-refractivity contribution in [1.82, 2.24) is 10.6 Å². The molecule has 1 aliphatic rings. The molecule has 0 atom stereocenters. The third-order valence-corrected chi connectivity index (χ3v) is 4.22. The Labute approximate surface area is 127 Å². The summed E-state index contributed by atoms with van der Waals surface area (Å²) in [6, 6.07) is 4.75. The lowest BCUT2D eigenvalue weighted by Crippen LogP contribution is -2.29. The van der Waals surface area contributed by atoms with Gasteiger partial charge in [0, 0.05) is 23.0 Å². The lowest BCUT2D eigenvalue weighted by Gasteiger charge is -2.22. The van der Waals surface area contributed by atoms with Gasteiger partial charge in [-0.05, 0) is 56.5 Å². The number of piperidine rings is 1. The molecule has 0 aliphatic carbocycles. The maximum Gasteiger partial charge on any atom is 0.220 e. The van der Waals surface area contributed by atoms with Gasteiger partial charge in [0.2, 0.25) is 5.91 Å². The van der Waals surface area contributed by atoms with Gasteiger partial charge < -0.3 is 10.6 Å². The molecule has 0 spiro atoms. The van der Waals surface area contributed by atoms with Gasteiger partial charge in [-0.1, -0.05) is 15.9 Å². The summed E-state index contributed by atoms with van der Waals surface area (Å²) in [4.78, 5) is 11.8. The van der Waals surface area contributed by atoms with Crippen molar-refractivity contribution in [3.8, 4) is 0 Å². The first-order chi connectivity index (χ1) is 9.65. The lowest BCUT2D eigenvalue weighted by atomic mass is 9.93. The van der Waals surface area contributed by atoms with E-state index in [-0.39, 0.29) is 18.3 Å². The minimum atomic E-state index is -0.285. The molecule has 1 heterocycles. The van der Waals surface area contributed by atoms with E-state index in [9.17, 15) is 9.18 Å². The molecule has 1 aromatic carbocycles. The number of carbonyl (C=O) groups excluding carboxylic acids is 1. The molecule has 3 nitrogen and oxygen atoms in total. The van der Waals surface area contributed by atoms with Crippen LogP contribution in [0.15, 0.2) is 22.7 Å². The number of rotatable bonds is 5. The summed E-state index contributed by atoms with van der Waals surface area (Å²) in [5.74, 6) is 0.361. The first-order valence-electron chi connectivity index (χ1n) is 7.06. The Bertz CT molecular complexity index is 461. The predicted octanol–water partition coefficient (Wildman–Crippen LogP) is 2.98. The largest absolute Gasteiger partial charge is 0.352 e. The zero-order valence-corrected chi connectivity index (χ0v) is 13.0. The van der Waals surface area contributed by atoms with Gasteiger partial charge in [0.05, 0.1) is 0 Å². The maximum absolute atomic E-state index is 13.5.